The lowest BCUT2D eigenvalue weighted by molar-refractivity contribution is 0.610. The second-order valence-corrected chi connectivity index (χ2v) is 5.83. The second kappa shape index (κ2) is 3.47. The molecule has 0 spiro atoms. The molecule has 0 atom stereocenters. The van der Waals surface area contributed by atoms with E-state index in [4.69, 9.17) is 5.14 Å². The summed E-state index contributed by atoms with van der Waals surface area (Å²) >= 11 is 0. The number of rotatable bonds is 2. The van der Waals surface area contributed by atoms with E-state index in [9.17, 15) is 8.42 Å². The zero-order valence-corrected chi connectivity index (χ0v) is 8.15. The van der Waals surface area contributed by atoms with E-state index in [2.05, 4.69) is 0 Å². The maximum absolute atomic E-state index is 11.2. The SMILES string of the molecule is Cc1ccc(S(=O)(=O)SN)cc1. The van der Waals surface area contributed by atoms with Gasteiger partial charge in [0.25, 0.3) is 0 Å². The lowest BCUT2D eigenvalue weighted by Gasteiger charge is -1.99. The van der Waals surface area contributed by atoms with Gasteiger partial charge >= 0.3 is 0 Å². The van der Waals surface area contributed by atoms with Crippen LogP contribution in [-0.4, -0.2) is 8.42 Å². The molecule has 0 aliphatic carbocycles. The van der Waals surface area contributed by atoms with Crippen molar-refractivity contribution >= 4 is 19.8 Å². The molecular formula is C7H9NO2S2. The molecule has 0 radical (unpaired) electrons. The molecule has 0 saturated heterocycles. The van der Waals surface area contributed by atoms with Crippen LogP contribution in [0.3, 0.4) is 0 Å². The largest absolute Gasteiger partial charge is 0.264 e. The van der Waals surface area contributed by atoms with E-state index < -0.39 is 8.87 Å². The number of hydrogen-bond donors (Lipinski definition) is 1. The van der Waals surface area contributed by atoms with Gasteiger partial charge in [-0.15, -0.1) is 0 Å². The quantitative estimate of drug-likeness (QED) is 0.581. The van der Waals surface area contributed by atoms with Gasteiger partial charge in [0.15, 0.2) is 0 Å². The average Bonchev–Trinajstić information content (AvgIpc) is 2.05. The molecule has 0 aromatic heterocycles. The monoisotopic (exact) mass is 203 g/mol. The van der Waals surface area contributed by atoms with E-state index in [0.29, 0.717) is 11.0 Å². The van der Waals surface area contributed by atoms with Crippen LogP contribution in [0.4, 0.5) is 0 Å². The van der Waals surface area contributed by atoms with Crippen molar-refractivity contribution in [2.24, 2.45) is 5.14 Å². The highest BCUT2D eigenvalue weighted by atomic mass is 33.1. The third-order valence-electron chi connectivity index (χ3n) is 1.44. The molecule has 1 aromatic rings. The molecule has 0 saturated carbocycles. The highest BCUT2D eigenvalue weighted by Crippen LogP contribution is 2.18. The topological polar surface area (TPSA) is 60.2 Å². The molecule has 5 heteroatoms. The van der Waals surface area contributed by atoms with Gasteiger partial charge in [0.05, 0.1) is 15.9 Å². The van der Waals surface area contributed by atoms with Gasteiger partial charge in [-0.05, 0) is 19.1 Å². The Hall–Kier alpha value is -0.520. The Labute approximate surface area is 75.4 Å². The normalized spacial score (nSPS) is 11.5. The Kier molecular flexibility index (Phi) is 2.76. The van der Waals surface area contributed by atoms with Crippen LogP contribution in [0.5, 0.6) is 0 Å². The Balaban J connectivity index is 3.14. The summed E-state index contributed by atoms with van der Waals surface area (Å²) in [5.41, 5.74) is 1.02. The molecule has 0 bridgehead atoms. The third-order valence-corrected chi connectivity index (χ3v) is 3.88. The Bertz CT molecular complexity index is 355. The van der Waals surface area contributed by atoms with Crippen LogP contribution in [0.25, 0.3) is 0 Å². The Morgan fingerprint density at radius 1 is 1.25 bits per heavy atom. The minimum atomic E-state index is -3.32. The van der Waals surface area contributed by atoms with Crippen LogP contribution in [0.1, 0.15) is 5.56 Å². The molecule has 0 fully saturated rings. The van der Waals surface area contributed by atoms with E-state index in [1.54, 1.807) is 24.3 Å². The van der Waals surface area contributed by atoms with E-state index in [1.807, 2.05) is 6.92 Å². The van der Waals surface area contributed by atoms with Gasteiger partial charge in [-0.3, -0.25) is 5.14 Å². The maximum Gasteiger partial charge on any atom is 0.243 e. The Morgan fingerprint density at radius 2 is 1.75 bits per heavy atom. The summed E-state index contributed by atoms with van der Waals surface area (Å²) < 4.78 is 22.3. The van der Waals surface area contributed by atoms with E-state index >= 15 is 0 Å². The number of aryl methyl sites for hydroxylation is 1. The lowest BCUT2D eigenvalue weighted by Crippen LogP contribution is -1.98. The average molecular weight is 203 g/mol. The third kappa shape index (κ3) is 2.00. The van der Waals surface area contributed by atoms with Crippen LogP contribution < -0.4 is 5.14 Å². The fourth-order valence-corrected chi connectivity index (χ4v) is 2.01. The first-order chi connectivity index (χ1) is 5.56. The van der Waals surface area contributed by atoms with Crippen molar-refractivity contribution in [3.8, 4) is 0 Å². The zero-order valence-electron chi connectivity index (χ0n) is 6.52. The molecule has 0 amide bonds. The molecule has 12 heavy (non-hydrogen) atoms. The highest BCUT2D eigenvalue weighted by Gasteiger charge is 2.11. The first-order valence-corrected chi connectivity index (χ1v) is 6.14. The highest BCUT2D eigenvalue weighted by molar-refractivity contribution is 8.71. The molecule has 1 rings (SSSR count). The minimum absolute atomic E-state index is 0.251. The number of nitrogens with two attached hydrogens (primary N) is 1. The number of hydrogen-bond acceptors (Lipinski definition) is 4. The second-order valence-electron chi connectivity index (χ2n) is 2.36. The lowest BCUT2D eigenvalue weighted by atomic mass is 10.2. The van der Waals surface area contributed by atoms with Crippen LogP contribution in [0.2, 0.25) is 0 Å². The van der Waals surface area contributed by atoms with Crippen LogP contribution >= 0.6 is 11.0 Å². The molecule has 0 unspecified atom stereocenters. The molecular weight excluding hydrogens is 194 g/mol. The van der Waals surface area contributed by atoms with Gasteiger partial charge in [-0.2, -0.15) is 0 Å². The van der Waals surface area contributed by atoms with Crippen LogP contribution in [0.15, 0.2) is 29.2 Å². The van der Waals surface area contributed by atoms with Gasteiger partial charge in [-0.1, -0.05) is 17.7 Å². The maximum atomic E-state index is 11.2. The smallest absolute Gasteiger partial charge is 0.243 e. The zero-order chi connectivity index (χ0) is 9.19. The molecule has 66 valence electrons. The number of benzene rings is 1. The molecule has 0 aliphatic heterocycles. The van der Waals surface area contributed by atoms with Crippen molar-refractivity contribution in [3.05, 3.63) is 29.8 Å². The minimum Gasteiger partial charge on any atom is -0.264 e. The van der Waals surface area contributed by atoms with Gasteiger partial charge in [-0.25, -0.2) is 8.42 Å². The van der Waals surface area contributed by atoms with E-state index in [0.717, 1.165) is 5.56 Å². The standard InChI is InChI=1S/C7H9NO2S2/c1-6-2-4-7(5-3-6)12(9,10)11-8/h2-5H,8H2,1H3. The van der Waals surface area contributed by atoms with E-state index in [1.165, 1.54) is 0 Å². The van der Waals surface area contributed by atoms with Crippen molar-refractivity contribution in [2.45, 2.75) is 11.8 Å². The van der Waals surface area contributed by atoms with Gasteiger partial charge in [0.1, 0.15) is 0 Å². The van der Waals surface area contributed by atoms with Crippen molar-refractivity contribution in [3.63, 3.8) is 0 Å². The van der Waals surface area contributed by atoms with Crippen LogP contribution in [-0.2, 0) is 8.87 Å². The van der Waals surface area contributed by atoms with Gasteiger partial charge in [0, 0.05) is 0 Å². The molecule has 0 heterocycles. The summed E-state index contributed by atoms with van der Waals surface area (Å²) in [4.78, 5) is 0.251. The Morgan fingerprint density at radius 3 is 2.17 bits per heavy atom. The summed E-state index contributed by atoms with van der Waals surface area (Å²) in [5, 5.41) is 5.01. The van der Waals surface area contributed by atoms with Crippen LogP contribution in [0, 0.1) is 6.92 Å². The predicted octanol–water partition coefficient (Wildman–Crippen LogP) is 1.29. The fraction of sp³-hybridized carbons (Fsp3) is 0.143. The summed E-state index contributed by atoms with van der Waals surface area (Å²) in [7, 11) is -2.96. The van der Waals surface area contributed by atoms with Crippen molar-refractivity contribution in [1.82, 2.24) is 0 Å². The van der Waals surface area contributed by atoms with Crippen molar-refractivity contribution < 1.29 is 8.42 Å². The summed E-state index contributed by atoms with van der Waals surface area (Å²) in [6, 6.07) is 6.57. The summed E-state index contributed by atoms with van der Waals surface area (Å²) in [6.07, 6.45) is 0. The predicted molar refractivity (Wildman–Crippen MR) is 50.1 cm³/mol. The first-order valence-electron chi connectivity index (χ1n) is 3.26. The molecule has 0 aliphatic rings. The van der Waals surface area contributed by atoms with Crippen molar-refractivity contribution in [2.75, 3.05) is 0 Å². The van der Waals surface area contributed by atoms with Gasteiger partial charge < -0.3 is 0 Å². The molecule has 2 N–H and O–H groups in total. The molecule has 1 aromatic carbocycles. The van der Waals surface area contributed by atoms with Crippen molar-refractivity contribution in [1.29, 1.82) is 0 Å². The van der Waals surface area contributed by atoms with E-state index in [-0.39, 0.29) is 4.90 Å². The first kappa shape index (κ1) is 9.57. The fourth-order valence-electron chi connectivity index (χ4n) is 0.760. The summed E-state index contributed by atoms with van der Waals surface area (Å²) in [6.45, 7) is 1.89. The summed E-state index contributed by atoms with van der Waals surface area (Å²) in [5.74, 6) is 0. The van der Waals surface area contributed by atoms with Gasteiger partial charge in [0.2, 0.25) is 8.87 Å². The molecule has 3 nitrogen and oxygen atoms in total.